The summed E-state index contributed by atoms with van der Waals surface area (Å²) in [5.41, 5.74) is 1.64. The molecule has 28 heavy (non-hydrogen) atoms. The minimum absolute atomic E-state index is 0.163. The summed E-state index contributed by atoms with van der Waals surface area (Å²) < 4.78 is 15.7. The first kappa shape index (κ1) is 19.4. The van der Waals surface area contributed by atoms with Gasteiger partial charge in [-0.15, -0.1) is 0 Å². The van der Waals surface area contributed by atoms with Crippen LogP contribution in [0.2, 0.25) is 0 Å². The second-order valence-corrected chi connectivity index (χ2v) is 6.06. The lowest BCUT2D eigenvalue weighted by Crippen LogP contribution is -2.35. The molecular formula is C21H22N2O5. The van der Waals surface area contributed by atoms with Crippen molar-refractivity contribution in [1.82, 2.24) is 4.90 Å². The molecule has 3 rings (SSSR count). The van der Waals surface area contributed by atoms with Crippen molar-refractivity contribution in [3.8, 4) is 11.5 Å². The predicted octanol–water partition coefficient (Wildman–Crippen LogP) is 2.54. The number of carbonyl (C=O) groups is 2. The van der Waals surface area contributed by atoms with Crippen molar-refractivity contribution in [3.05, 3.63) is 59.8 Å². The molecule has 0 bridgehead atoms. The quantitative estimate of drug-likeness (QED) is 0.707. The van der Waals surface area contributed by atoms with Gasteiger partial charge in [0.05, 0.1) is 32.9 Å². The second kappa shape index (κ2) is 8.58. The lowest BCUT2D eigenvalue weighted by Gasteiger charge is -2.14. The molecule has 1 N–H and O–H groups in total. The average molecular weight is 382 g/mol. The Bertz CT molecular complexity index is 923. The van der Waals surface area contributed by atoms with Crippen LogP contribution in [0, 0.1) is 0 Å². The fraction of sp³-hybridized carbons (Fsp3) is 0.238. The van der Waals surface area contributed by atoms with Gasteiger partial charge in [-0.2, -0.15) is 0 Å². The minimum Gasteiger partial charge on any atom is -0.497 e. The van der Waals surface area contributed by atoms with Crippen molar-refractivity contribution in [2.75, 3.05) is 39.8 Å². The van der Waals surface area contributed by atoms with E-state index in [0.29, 0.717) is 22.7 Å². The zero-order valence-electron chi connectivity index (χ0n) is 16.0. The van der Waals surface area contributed by atoms with Crippen LogP contribution in [0.5, 0.6) is 11.5 Å². The molecule has 0 radical (unpaired) electrons. The van der Waals surface area contributed by atoms with Crippen molar-refractivity contribution in [1.29, 1.82) is 0 Å². The van der Waals surface area contributed by atoms with Crippen LogP contribution < -0.4 is 14.8 Å². The molecule has 7 nitrogen and oxygen atoms in total. The maximum Gasteiger partial charge on any atom is 0.278 e. The summed E-state index contributed by atoms with van der Waals surface area (Å²) in [6.07, 6.45) is 0. The summed E-state index contributed by atoms with van der Waals surface area (Å²) in [7, 11) is 4.61. The van der Waals surface area contributed by atoms with Gasteiger partial charge in [0.2, 0.25) is 0 Å². The summed E-state index contributed by atoms with van der Waals surface area (Å²) in [6.45, 7) is 0.416. The number of methoxy groups -OCH3 is 3. The third-order valence-electron chi connectivity index (χ3n) is 4.40. The Morgan fingerprint density at radius 3 is 2.43 bits per heavy atom. The Balaban J connectivity index is 2.08. The van der Waals surface area contributed by atoms with E-state index in [1.807, 2.05) is 6.07 Å². The van der Waals surface area contributed by atoms with E-state index in [-0.39, 0.29) is 24.4 Å². The summed E-state index contributed by atoms with van der Waals surface area (Å²) in [5.74, 6) is 0.345. The Kier molecular flexibility index (Phi) is 5.96. The van der Waals surface area contributed by atoms with Crippen LogP contribution in [0.25, 0.3) is 5.57 Å². The minimum atomic E-state index is -0.411. The summed E-state index contributed by atoms with van der Waals surface area (Å²) in [6, 6.07) is 14.3. The number of benzene rings is 2. The number of amides is 2. The van der Waals surface area contributed by atoms with E-state index in [9.17, 15) is 9.59 Å². The molecule has 2 aromatic rings. The summed E-state index contributed by atoms with van der Waals surface area (Å²) in [4.78, 5) is 27.3. The molecule has 1 aliphatic heterocycles. The number of rotatable bonds is 8. The van der Waals surface area contributed by atoms with Gasteiger partial charge >= 0.3 is 0 Å². The van der Waals surface area contributed by atoms with Crippen LogP contribution in [0.15, 0.2) is 54.2 Å². The number of anilines is 1. The van der Waals surface area contributed by atoms with Crippen LogP contribution in [0.3, 0.4) is 0 Å². The predicted molar refractivity (Wildman–Crippen MR) is 105 cm³/mol. The van der Waals surface area contributed by atoms with Gasteiger partial charge in [0.15, 0.2) is 0 Å². The number of para-hydroxylation sites is 1. The summed E-state index contributed by atoms with van der Waals surface area (Å²) >= 11 is 0. The van der Waals surface area contributed by atoms with Crippen molar-refractivity contribution >= 4 is 23.1 Å². The van der Waals surface area contributed by atoms with Gasteiger partial charge in [-0.3, -0.25) is 14.5 Å². The molecule has 1 heterocycles. The maximum absolute atomic E-state index is 13.1. The van der Waals surface area contributed by atoms with E-state index < -0.39 is 11.8 Å². The SMILES string of the molecule is COCCN1C(=O)C(Nc2cccc(OC)c2)=C(c2ccccc2OC)C1=O. The van der Waals surface area contributed by atoms with E-state index in [0.717, 1.165) is 0 Å². The molecule has 2 aromatic carbocycles. The number of nitrogens with one attached hydrogen (secondary N) is 1. The van der Waals surface area contributed by atoms with E-state index in [1.54, 1.807) is 49.6 Å². The highest BCUT2D eigenvalue weighted by Crippen LogP contribution is 2.35. The lowest BCUT2D eigenvalue weighted by atomic mass is 10.0. The molecule has 0 saturated heterocycles. The highest BCUT2D eigenvalue weighted by molar-refractivity contribution is 6.37. The van der Waals surface area contributed by atoms with Crippen LogP contribution in [-0.2, 0) is 14.3 Å². The van der Waals surface area contributed by atoms with Crippen LogP contribution in [0.4, 0.5) is 5.69 Å². The molecule has 0 atom stereocenters. The highest BCUT2D eigenvalue weighted by Gasteiger charge is 2.40. The van der Waals surface area contributed by atoms with Gasteiger partial charge in [-0.25, -0.2) is 0 Å². The number of carbonyl (C=O) groups excluding carboxylic acids is 2. The number of hydrogen-bond donors (Lipinski definition) is 1. The van der Waals surface area contributed by atoms with Crippen molar-refractivity contribution < 1.29 is 23.8 Å². The van der Waals surface area contributed by atoms with E-state index in [1.165, 1.54) is 19.1 Å². The molecule has 0 aromatic heterocycles. The standard InChI is InChI=1S/C21H22N2O5/c1-26-12-11-23-20(24)18(16-9-4-5-10-17(16)28-3)19(21(23)25)22-14-7-6-8-15(13-14)27-2/h4-10,13,22H,11-12H2,1-3H3. The highest BCUT2D eigenvalue weighted by atomic mass is 16.5. The van der Waals surface area contributed by atoms with Gasteiger partial charge in [0.1, 0.15) is 17.2 Å². The molecule has 2 amide bonds. The molecule has 146 valence electrons. The number of hydrogen-bond acceptors (Lipinski definition) is 6. The van der Waals surface area contributed by atoms with Gasteiger partial charge in [-0.05, 0) is 18.2 Å². The second-order valence-electron chi connectivity index (χ2n) is 6.06. The number of nitrogens with zero attached hydrogens (tertiary/aromatic N) is 1. The molecular weight excluding hydrogens is 360 g/mol. The molecule has 0 spiro atoms. The van der Waals surface area contributed by atoms with Crippen molar-refractivity contribution in [2.45, 2.75) is 0 Å². The molecule has 1 aliphatic rings. The average Bonchev–Trinajstić information content (AvgIpc) is 2.95. The zero-order valence-corrected chi connectivity index (χ0v) is 16.0. The fourth-order valence-electron chi connectivity index (χ4n) is 3.02. The van der Waals surface area contributed by atoms with Gasteiger partial charge < -0.3 is 19.5 Å². The van der Waals surface area contributed by atoms with Crippen LogP contribution in [0.1, 0.15) is 5.56 Å². The van der Waals surface area contributed by atoms with E-state index in [2.05, 4.69) is 5.32 Å². The normalized spacial score (nSPS) is 13.9. The molecule has 7 heteroatoms. The first-order valence-corrected chi connectivity index (χ1v) is 8.74. The molecule has 0 unspecified atom stereocenters. The number of ether oxygens (including phenoxy) is 3. The van der Waals surface area contributed by atoms with Gasteiger partial charge in [0.25, 0.3) is 11.8 Å². The lowest BCUT2D eigenvalue weighted by molar-refractivity contribution is -0.137. The van der Waals surface area contributed by atoms with Gasteiger partial charge in [-0.1, -0.05) is 24.3 Å². The smallest absolute Gasteiger partial charge is 0.278 e. The molecule has 0 aliphatic carbocycles. The van der Waals surface area contributed by atoms with Crippen LogP contribution >= 0.6 is 0 Å². The van der Waals surface area contributed by atoms with Crippen LogP contribution in [-0.4, -0.2) is 51.2 Å². The zero-order chi connectivity index (χ0) is 20.1. The fourth-order valence-corrected chi connectivity index (χ4v) is 3.02. The Labute approximate surface area is 163 Å². The molecule has 0 fully saturated rings. The first-order valence-electron chi connectivity index (χ1n) is 8.74. The topological polar surface area (TPSA) is 77.1 Å². The Morgan fingerprint density at radius 1 is 0.929 bits per heavy atom. The van der Waals surface area contributed by atoms with Gasteiger partial charge in [0, 0.05) is 24.4 Å². The Hall–Kier alpha value is -3.32. The van der Waals surface area contributed by atoms with Crippen molar-refractivity contribution in [2.24, 2.45) is 0 Å². The largest absolute Gasteiger partial charge is 0.497 e. The third-order valence-corrected chi connectivity index (χ3v) is 4.40. The maximum atomic E-state index is 13.1. The van der Waals surface area contributed by atoms with E-state index in [4.69, 9.17) is 14.2 Å². The van der Waals surface area contributed by atoms with Crippen molar-refractivity contribution in [3.63, 3.8) is 0 Å². The monoisotopic (exact) mass is 382 g/mol. The first-order chi connectivity index (χ1) is 13.6. The third kappa shape index (κ3) is 3.70. The summed E-state index contributed by atoms with van der Waals surface area (Å²) in [5, 5.41) is 3.09. The Morgan fingerprint density at radius 2 is 1.71 bits per heavy atom. The molecule has 0 saturated carbocycles. The van der Waals surface area contributed by atoms with E-state index >= 15 is 0 Å². The number of imide groups is 1.